The second-order valence-electron chi connectivity index (χ2n) is 7.91. The van der Waals surface area contributed by atoms with Gasteiger partial charge >= 0.3 is 0 Å². The van der Waals surface area contributed by atoms with Crippen molar-refractivity contribution in [3.05, 3.63) is 0 Å². The number of quaternary nitrogens is 1. The van der Waals surface area contributed by atoms with Crippen LogP contribution in [0.3, 0.4) is 0 Å². The van der Waals surface area contributed by atoms with Gasteiger partial charge in [0.2, 0.25) is 0 Å². The molecule has 0 aromatic rings. The summed E-state index contributed by atoms with van der Waals surface area (Å²) in [6.07, 6.45) is 4.40. The highest BCUT2D eigenvalue weighted by molar-refractivity contribution is 7.85. The molecule has 6 nitrogen and oxygen atoms in total. The topological polar surface area (TPSA) is 86.3 Å². The van der Waals surface area contributed by atoms with E-state index in [-0.39, 0.29) is 12.5 Å². The molecule has 1 amide bonds. The summed E-state index contributed by atoms with van der Waals surface area (Å²) in [6, 6.07) is 0. The fourth-order valence-corrected chi connectivity index (χ4v) is 3.10. The average Bonchev–Trinajstić information content (AvgIpc) is 2.35. The summed E-state index contributed by atoms with van der Waals surface area (Å²) in [4.78, 5) is 12.1. The summed E-state index contributed by atoms with van der Waals surface area (Å²) < 4.78 is 32.5. The molecule has 24 heavy (non-hydrogen) atoms. The fraction of sp³-hybridized carbons (Fsp3) is 0.941. The highest BCUT2D eigenvalue weighted by Crippen LogP contribution is 2.13. The number of amides is 1. The van der Waals surface area contributed by atoms with Crippen molar-refractivity contribution < 1.29 is 22.2 Å². The Balaban J connectivity index is 4.51. The van der Waals surface area contributed by atoms with E-state index in [2.05, 4.69) is 40.1 Å². The molecule has 0 radical (unpaired) electrons. The van der Waals surface area contributed by atoms with Crippen LogP contribution < -0.4 is 5.32 Å². The van der Waals surface area contributed by atoms with Crippen LogP contribution in [0.5, 0.6) is 0 Å². The van der Waals surface area contributed by atoms with Gasteiger partial charge in [-0.2, -0.15) is 0 Å². The minimum atomic E-state index is -4.28. The Morgan fingerprint density at radius 2 is 1.50 bits per heavy atom. The smallest absolute Gasteiger partial charge is 0.275 e. The molecular formula is C17H36N2O4S. The van der Waals surface area contributed by atoms with Crippen LogP contribution in [-0.2, 0) is 14.9 Å². The standard InChI is InChI=1S/C17H36N2O4S/c1-15(2)8-6-11-19(5,12-7-9-16(3)4)14-17(20)18-10-13-24(21,22)23/h15-16H,6-14H2,1-5H3,(H-,18,20,21,22,23). The Bertz CT molecular complexity index is 447. The van der Waals surface area contributed by atoms with Crippen LogP contribution in [0.2, 0.25) is 0 Å². The van der Waals surface area contributed by atoms with E-state index in [4.69, 9.17) is 0 Å². The fourth-order valence-electron chi connectivity index (χ4n) is 2.75. The van der Waals surface area contributed by atoms with E-state index in [0.717, 1.165) is 38.8 Å². The van der Waals surface area contributed by atoms with E-state index in [1.54, 1.807) is 0 Å². The molecule has 7 heteroatoms. The largest absolute Gasteiger partial charge is 0.748 e. The number of nitrogens with one attached hydrogen (secondary N) is 1. The lowest BCUT2D eigenvalue weighted by atomic mass is 10.1. The summed E-state index contributed by atoms with van der Waals surface area (Å²) in [6.45, 7) is 10.9. The zero-order chi connectivity index (χ0) is 18.8. The quantitative estimate of drug-likeness (QED) is 0.400. The molecule has 0 aromatic carbocycles. The molecule has 0 saturated carbocycles. The molecule has 0 heterocycles. The third-order valence-corrected chi connectivity index (χ3v) is 4.86. The highest BCUT2D eigenvalue weighted by Gasteiger charge is 2.25. The van der Waals surface area contributed by atoms with Crippen LogP contribution in [0.25, 0.3) is 0 Å². The van der Waals surface area contributed by atoms with E-state index in [0.29, 0.717) is 22.9 Å². The second-order valence-corrected chi connectivity index (χ2v) is 9.43. The molecule has 0 atom stereocenters. The van der Waals surface area contributed by atoms with Crippen molar-refractivity contribution in [1.29, 1.82) is 0 Å². The number of rotatable bonds is 13. The zero-order valence-corrected chi connectivity index (χ0v) is 16.8. The van der Waals surface area contributed by atoms with Crippen molar-refractivity contribution in [2.45, 2.75) is 53.4 Å². The lowest BCUT2D eigenvalue weighted by Crippen LogP contribution is -2.52. The number of likely N-dealkylation sites (N-methyl/N-ethyl adjacent to an activating group) is 1. The summed E-state index contributed by atoms with van der Waals surface area (Å²) in [7, 11) is -2.19. The van der Waals surface area contributed by atoms with Crippen molar-refractivity contribution in [1.82, 2.24) is 5.32 Å². The van der Waals surface area contributed by atoms with E-state index >= 15 is 0 Å². The summed E-state index contributed by atoms with van der Waals surface area (Å²) in [5, 5.41) is 2.56. The van der Waals surface area contributed by atoms with Crippen molar-refractivity contribution >= 4 is 16.0 Å². The van der Waals surface area contributed by atoms with Gasteiger partial charge in [-0.1, -0.05) is 27.7 Å². The van der Waals surface area contributed by atoms with Crippen molar-refractivity contribution in [2.75, 3.05) is 39.0 Å². The molecule has 0 saturated heterocycles. The summed E-state index contributed by atoms with van der Waals surface area (Å²) in [5.41, 5.74) is 0. The van der Waals surface area contributed by atoms with Gasteiger partial charge in [0.1, 0.15) is 0 Å². The molecular weight excluding hydrogens is 328 g/mol. The minimum absolute atomic E-state index is 0.108. The third kappa shape index (κ3) is 13.7. The molecule has 0 aliphatic carbocycles. The first-order valence-electron chi connectivity index (χ1n) is 8.97. The van der Waals surface area contributed by atoms with E-state index in [9.17, 15) is 17.8 Å². The average molecular weight is 365 g/mol. The first-order valence-corrected chi connectivity index (χ1v) is 10.5. The number of hydrogen-bond donors (Lipinski definition) is 1. The molecule has 0 spiro atoms. The molecule has 0 bridgehead atoms. The van der Waals surface area contributed by atoms with Gasteiger partial charge in [0.05, 0.1) is 36.0 Å². The Kier molecular flexibility index (Phi) is 10.7. The Labute approximate surface area is 148 Å². The maximum absolute atomic E-state index is 12.1. The normalized spacial score (nSPS) is 12.8. The monoisotopic (exact) mass is 364 g/mol. The maximum Gasteiger partial charge on any atom is 0.275 e. The Hall–Kier alpha value is -0.660. The van der Waals surface area contributed by atoms with Gasteiger partial charge in [-0.25, -0.2) is 8.42 Å². The predicted molar refractivity (Wildman–Crippen MR) is 96.5 cm³/mol. The van der Waals surface area contributed by atoms with Crippen LogP contribution >= 0.6 is 0 Å². The maximum atomic E-state index is 12.1. The first-order chi connectivity index (χ1) is 10.9. The van der Waals surface area contributed by atoms with Gasteiger partial charge in [0.15, 0.2) is 6.54 Å². The first kappa shape index (κ1) is 23.3. The van der Waals surface area contributed by atoms with E-state index < -0.39 is 15.9 Å². The van der Waals surface area contributed by atoms with Gasteiger partial charge in [-0.3, -0.25) is 4.79 Å². The third-order valence-electron chi connectivity index (χ3n) is 4.16. The zero-order valence-electron chi connectivity index (χ0n) is 16.0. The number of nitrogens with zero attached hydrogens (tertiary/aromatic N) is 1. The van der Waals surface area contributed by atoms with Crippen molar-refractivity contribution in [3.8, 4) is 0 Å². The van der Waals surface area contributed by atoms with Crippen LogP contribution in [0.1, 0.15) is 53.4 Å². The van der Waals surface area contributed by atoms with Gasteiger partial charge in [-0.05, 0) is 37.5 Å². The highest BCUT2D eigenvalue weighted by atomic mass is 32.2. The van der Waals surface area contributed by atoms with Gasteiger partial charge in [-0.15, -0.1) is 0 Å². The molecule has 0 fully saturated rings. The molecule has 144 valence electrons. The molecule has 0 aliphatic heterocycles. The van der Waals surface area contributed by atoms with Gasteiger partial charge < -0.3 is 14.4 Å². The minimum Gasteiger partial charge on any atom is -0.748 e. The molecule has 0 rings (SSSR count). The summed E-state index contributed by atoms with van der Waals surface area (Å²) >= 11 is 0. The van der Waals surface area contributed by atoms with Gasteiger partial charge in [0, 0.05) is 6.54 Å². The molecule has 0 unspecified atom stereocenters. The second kappa shape index (κ2) is 11.1. The Morgan fingerprint density at radius 3 is 1.88 bits per heavy atom. The molecule has 0 aliphatic rings. The SMILES string of the molecule is CC(C)CCC[N+](C)(CCCC(C)C)CC(=O)NCCS(=O)(=O)[O-]. The van der Waals surface area contributed by atoms with Crippen LogP contribution in [0.4, 0.5) is 0 Å². The predicted octanol–water partition coefficient (Wildman–Crippen LogP) is 1.97. The van der Waals surface area contributed by atoms with Crippen molar-refractivity contribution in [3.63, 3.8) is 0 Å². The number of carbonyl (C=O) groups excluding carboxylic acids is 1. The van der Waals surface area contributed by atoms with Crippen LogP contribution in [0, 0.1) is 11.8 Å². The van der Waals surface area contributed by atoms with E-state index in [1.165, 1.54) is 0 Å². The number of carbonyl (C=O) groups is 1. The van der Waals surface area contributed by atoms with Crippen LogP contribution in [-0.4, -0.2) is 62.3 Å². The molecule has 0 aromatic heterocycles. The van der Waals surface area contributed by atoms with E-state index in [1.807, 2.05) is 0 Å². The van der Waals surface area contributed by atoms with Gasteiger partial charge in [0.25, 0.3) is 5.91 Å². The molecule has 1 N–H and O–H groups in total. The summed E-state index contributed by atoms with van der Waals surface area (Å²) in [5.74, 6) is 0.550. The number of hydrogen-bond acceptors (Lipinski definition) is 4. The van der Waals surface area contributed by atoms with Crippen molar-refractivity contribution in [2.24, 2.45) is 11.8 Å². The van der Waals surface area contributed by atoms with Crippen LogP contribution in [0.15, 0.2) is 0 Å². The Morgan fingerprint density at radius 1 is 1.04 bits per heavy atom. The lowest BCUT2D eigenvalue weighted by Gasteiger charge is -2.34. The lowest BCUT2D eigenvalue weighted by molar-refractivity contribution is -0.902.